The summed E-state index contributed by atoms with van der Waals surface area (Å²) >= 11 is 0. The highest BCUT2D eigenvalue weighted by molar-refractivity contribution is 6.10. The maximum Gasteiger partial charge on any atom is 0.227 e. The third-order valence-corrected chi connectivity index (χ3v) is 3.77. The van der Waals surface area contributed by atoms with Crippen LogP contribution in [0.25, 0.3) is 33.3 Å². The van der Waals surface area contributed by atoms with Crippen LogP contribution in [0.3, 0.4) is 0 Å². The SMILES string of the molecule is COc1ccc(-c2nc3c(ccc4cccc(N)c43)o2)cc1. The van der Waals surface area contributed by atoms with Crippen LogP contribution >= 0.6 is 0 Å². The Bertz CT molecular complexity index is 972. The minimum Gasteiger partial charge on any atom is -0.497 e. The quantitative estimate of drug-likeness (QED) is 0.561. The van der Waals surface area contributed by atoms with E-state index in [9.17, 15) is 0 Å². The second-order valence-electron chi connectivity index (χ2n) is 5.11. The molecule has 0 amide bonds. The van der Waals surface area contributed by atoms with Gasteiger partial charge >= 0.3 is 0 Å². The van der Waals surface area contributed by atoms with Gasteiger partial charge in [-0.05, 0) is 41.8 Å². The molecule has 0 bridgehead atoms. The zero-order valence-corrected chi connectivity index (χ0v) is 12.0. The first-order valence-electron chi connectivity index (χ1n) is 6.98. The number of nitrogen functional groups attached to an aromatic ring is 1. The molecular weight excluding hydrogens is 276 g/mol. The second kappa shape index (κ2) is 4.77. The second-order valence-corrected chi connectivity index (χ2v) is 5.11. The lowest BCUT2D eigenvalue weighted by molar-refractivity contribution is 0.415. The van der Waals surface area contributed by atoms with Crippen molar-refractivity contribution in [2.24, 2.45) is 0 Å². The first kappa shape index (κ1) is 12.7. The van der Waals surface area contributed by atoms with Gasteiger partial charge in [-0.15, -0.1) is 0 Å². The summed E-state index contributed by atoms with van der Waals surface area (Å²) in [6.45, 7) is 0. The number of anilines is 1. The molecule has 0 saturated heterocycles. The average molecular weight is 290 g/mol. The summed E-state index contributed by atoms with van der Waals surface area (Å²) < 4.78 is 11.1. The van der Waals surface area contributed by atoms with Gasteiger partial charge in [0.15, 0.2) is 5.58 Å². The molecule has 0 radical (unpaired) electrons. The minimum absolute atomic E-state index is 0.577. The van der Waals surface area contributed by atoms with Crippen molar-refractivity contribution < 1.29 is 9.15 Å². The predicted molar refractivity (Wildman–Crippen MR) is 87.9 cm³/mol. The molecule has 0 atom stereocenters. The van der Waals surface area contributed by atoms with E-state index >= 15 is 0 Å². The largest absolute Gasteiger partial charge is 0.497 e. The Hall–Kier alpha value is -3.01. The van der Waals surface area contributed by atoms with Gasteiger partial charge in [-0.3, -0.25) is 0 Å². The van der Waals surface area contributed by atoms with E-state index < -0.39 is 0 Å². The van der Waals surface area contributed by atoms with Crippen molar-refractivity contribution in [2.45, 2.75) is 0 Å². The van der Waals surface area contributed by atoms with Gasteiger partial charge in [0.25, 0.3) is 0 Å². The van der Waals surface area contributed by atoms with Crippen molar-refractivity contribution >= 4 is 27.6 Å². The van der Waals surface area contributed by atoms with E-state index in [-0.39, 0.29) is 0 Å². The normalized spacial score (nSPS) is 11.1. The molecule has 0 unspecified atom stereocenters. The molecule has 0 aliphatic carbocycles. The summed E-state index contributed by atoms with van der Waals surface area (Å²) in [6, 6.07) is 17.4. The van der Waals surface area contributed by atoms with Crippen LogP contribution in [0.5, 0.6) is 5.75 Å². The topological polar surface area (TPSA) is 61.3 Å². The van der Waals surface area contributed by atoms with Gasteiger partial charge in [-0.2, -0.15) is 0 Å². The molecule has 3 aromatic carbocycles. The van der Waals surface area contributed by atoms with E-state index in [4.69, 9.17) is 14.9 Å². The number of hydrogen-bond donors (Lipinski definition) is 1. The van der Waals surface area contributed by atoms with Crippen LogP contribution in [0, 0.1) is 0 Å². The summed E-state index contributed by atoms with van der Waals surface area (Å²) in [6.07, 6.45) is 0. The molecule has 1 heterocycles. The Morgan fingerprint density at radius 3 is 2.59 bits per heavy atom. The zero-order valence-electron chi connectivity index (χ0n) is 12.0. The number of nitrogens with zero attached hydrogens (tertiary/aromatic N) is 1. The van der Waals surface area contributed by atoms with Crippen LogP contribution in [-0.2, 0) is 0 Å². The third-order valence-electron chi connectivity index (χ3n) is 3.77. The number of benzene rings is 3. The van der Waals surface area contributed by atoms with Gasteiger partial charge < -0.3 is 14.9 Å². The van der Waals surface area contributed by atoms with Crippen LogP contribution in [0.15, 0.2) is 59.0 Å². The van der Waals surface area contributed by atoms with E-state index in [1.165, 1.54) is 0 Å². The Morgan fingerprint density at radius 1 is 1.00 bits per heavy atom. The molecule has 0 saturated carbocycles. The van der Waals surface area contributed by atoms with Crippen molar-refractivity contribution in [1.29, 1.82) is 0 Å². The molecule has 4 rings (SSSR count). The standard InChI is InChI=1S/C18H14N2O2/c1-21-13-8-5-12(6-9-13)18-20-17-15(22-18)10-7-11-3-2-4-14(19)16(11)17/h2-10H,19H2,1H3. The van der Waals surface area contributed by atoms with E-state index in [0.717, 1.165) is 33.2 Å². The number of methoxy groups -OCH3 is 1. The molecule has 4 nitrogen and oxygen atoms in total. The summed E-state index contributed by atoms with van der Waals surface area (Å²) in [4.78, 5) is 4.64. The average Bonchev–Trinajstić information content (AvgIpc) is 2.99. The molecule has 22 heavy (non-hydrogen) atoms. The summed E-state index contributed by atoms with van der Waals surface area (Å²) in [5.41, 5.74) is 9.24. The molecule has 1 aromatic heterocycles. The van der Waals surface area contributed by atoms with Crippen LogP contribution in [0.2, 0.25) is 0 Å². The van der Waals surface area contributed by atoms with Gasteiger partial charge in [0.05, 0.1) is 7.11 Å². The van der Waals surface area contributed by atoms with Gasteiger partial charge in [0.1, 0.15) is 11.3 Å². The monoisotopic (exact) mass is 290 g/mol. The highest BCUT2D eigenvalue weighted by Crippen LogP contribution is 2.32. The van der Waals surface area contributed by atoms with Crippen LogP contribution < -0.4 is 10.5 Å². The predicted octanol–water partition coefficient (Wildman–Crippen LogP) is 4.24. The Labute approximate surface area is 127 Å². The molecule has 2 N–H and O–H groups in total. The van der Waals surface area contributed by atoms with Crippen molar-refractivity contribution in [2.75, 3.05) is 12.8 Å². The molecule has 4 heteroatoms. The summed E-state index contributed by atoms with van der Waals surface area (Å²) in [5, 5.41) is 1.99. The van der Waals surface area contributed by atoms with Gasteiger partial charge in [0.2, 0.25) is 5.89 Å². The fraction of sp³-hybridized carbons (Fsp3) is 0.0556. The number of ether oxygens (including phenoxy) is 1. The number of rotatable bonds is 2. The van der Waals surface area contributed by atoms with Gasteiger partial charge in [0, 0.05) is 16.6 Å². The fourth-order valence-corrected chi connectivity index (χ4v) is 2.65. The lowest BCUT2D eigenvalue weighted by atomic mass is 10.1. The van der Waals surface area contributed by atoms with Crippen molar-refractivity contribution in [3.63, 3.8) is 0 Å². The molecule has 0 aliphatic rings. The van der Waals surface area contributed by atoms with Gasteiger partial charge in [-0.1, -0.05) is 18.2 Å². The summed E-state index contributed by atoms with van der Waals surface area (Å²) in [7, 11) is 1.64. The number of aromatic nitrogens is 1. The lowest BCUT2D eigenvalue weighted by Crippen LogP contribution is -1.87. The smallest absolute Gasteiger partial charge is 0.227 e. The Morgan fingerprint density at radius 2 is 1.82 bits per heavy atom. The first-order chi connectivity index (χ1) is 10.8. The summed E-state index contributed by atoms with van der Waals surface area (Å²) in [5.74, 6) is 1.38. The molecular formula is C18H14N2O2. The van der Waals surface area contributed by atoms with Crippen molar-refractivity contribution in [3.8, 4) is 17.2 Å². The maximum atomic E-state index is 6.11. The number of fused-ring (bicyclic) bond motifs is 3. The molecule has 0 aliphatic heterocycles. The fourth-order valence-electron chi connectivity index (χ4n) is 2.65. The number of nitrogens with two attached hydrogens (primary N) is 1. The molecule has 0 spiro atoms. The highest BCUT2D eigenvalue weighted by Gasteiger charge is 2.12. The van der Waals surface area contributed by atoms with E-state index in [1.807, 2.05) is 54.6 Å². The molecule has 0 fully saturated rings. The lowest BCUT2D eigenvalue weighted by Gasteiger charge is -2.00. The zero-order chi connectivity index (χ0) is 15.1. The van der Waals surface area contributed by atoms with E-state index in [2.05, 4.69) is 4.98 Å². The van der Waals surface area contributed by atoms with E-state index in [0.29, 0.717) is 11.6 Å². The number of oxazole rings is 1. The highest BCUT2D eigenvalue weighted by atomic mass is 16.5. The van der Waals surface area contributed by atoms with Crippen LogP contribution in [0.4, 0.5) is 5.69 Å². The Kier molecular flexibility index (Phi) is 2.76. The van der Waals surface area contributed by atoms with Crippen molar-refractivity contribution in [3.05, 3.63) is 54.6 Å². The first-order valence-corrected chi connectivity index (χ1v) is 6.98. The van der Waals surface area contributed by atoms with Gasteiger partial charge in [-0.25, -0.2) is 4.98 Å². The minimum atomic E-state index is 0.577. The molecule has 108 valence electrons. The number of hydrogen-bond acceptors (Lipinski definition) is 4. The van der Waals surface area contributed by atoms with E-state index in [1.54, 1.807) is 7.11 Å². The van der Waals surface area contributed by atoms with Crippen LogP contribution in [-0.4, -0.2) is 12.1 Å². The Balaban J connectivity index is 1.94. The van der Waals surface area contributed by atoms with Crippen molar-refractivity contribution in [1.82, 2.24) is 4.98 Å². The third kappa shape index (κ3) is 1.89. The molecule has 4 aromatic rings. The van der Waals surface area contributed by atoms with Crippen LogP contribution in [0.1, 0.15) is 0 Å². The maximum absolute atomic E-state index is 6.11.